The van der Waals surface area contributed by atoms with Gasteiger partial charge in [-0.15, -0.1) is 5.10 Å². The smallest absolute Gasteiger partial charge is 0.243 e. The second-order valence-corrected chi connectivity index (χ2v) is 8.03. The molecule has 0 bridgehead atoms. The van der Waals surface area contributed by atoms with Crippen molar-refractivity contribution in [3.63, 3.8) is 0 Å². The van der Waals surface area contributed by atoms with Gasteiger partial charge in [-0.1, -0.05) is 16.8 Å². The van der Waals surface area contributed by atoms with Crippen molar-refractivity contribution in [2.75, 3.05) is 13.1 Å². The molecule has 1 aliphatic heterocycles. The molecule has 124 valence electrons. The first-order chi connectivity index (χ1) is 10.8. The summed E-state index contributed by atoms with van der Waals surface area (Å²) < 4.78 is 28.3. The molecule has 0 radical (unpaired) electrons. The van der Waals surface area contributed by atoms with E-state index >= 15 is 0 Å². The van der Waals surface area contributed by atoms with E-state index in [1.165, 1.54) is 10.4 Å². The molecule has 1 saturated heterocycles. The minimum atomic E-state index is -3.54. The molecule has 1 fully saturated rings. The van der Waals surface area contributed by atoms with E-state index in [2.05, 4.69) is 10.3 Å². The standard InChI is InChI=1S/C14H17ClN4O3S/c1-9-5-11(15)3-4-14(9)23(21,22)18-6-12(7-18)19-8-13(10(2)20)16-17-19/h3-5,8,10,12,20H,6-7H2,1-2H3/t10-/m0/s1. The van der Waals surface area contributed by atoms with Crippen LogP contribution in [0.2, 0.25) is 5.02 Å². The van der Waals surface area contributed by atoms with Crippen LogP contribution in [-0.4, -0.2) is 45.9 Å². The summed E-state index contributed by atoms with van der Waals surface area (Å²) in [5.74, 6) is 0. The lowest BCUT2D eigenvalue weighted by Crippen LogP contribution is -2.50. The van der Waals surface area contributed by atoms with Gasteiger partial charge in [-0.05, 0) is 37.6 Å². The summed E-state index contributed by atoms with van der Waals surface area (Å²) in [6.07, 6.45) is 0.952. The summed E-state index contributed by atoms with van der Waals surface area (Å²) in [6, 6.07) is 4.67. The van der Waals surface area contributed by atoms with Crippen LogP contribution < -0.4 is 0 Å². The first kappa shape index (κ1) is 16.4. The van der Waals surface area contributed by atoms with Gasteiger partial charge in [0.15, 0.2) is 0 Å². The van der Waals surface area contributed by atoms with E-state index in [9.17, 15) is 13.5 Å². The molecular weight excluding hydrogens is 340 g/mol. The third-order valence-corrected chi connectivity index (χ3v) is 6.14. The van der Waals surface area contributed by atoms with Crippen LogP contribution in [0.25, 0.3) is 0 Å². The number of aryl methyl sites for hydroxylation is 1. The van der Waals surface area contributed by atoms with Crippen molar-refractivity contribution in [2.24, 2.45) is 0 Å². The van der Waals surface area contributed by atoms with Gasteiger partial charge in [0.05, 0.1) is 23.2 Å². The highest BCUT2D eigenvalue weighted by atomic mass is 35.5. The van der Waals surface area contributed by atoms with E-state index in [4.69, 9.17) is 11.6 Å². The van der Waals surface area contributed by atoms with E-state index < -0.39 is 16.1 Å². The van der Waals surface area contributed by atoms with E-state index in [-0.39, 0.29) is 10.9 Å². The van der Waals surface area contributed by atoms with Crippen molar-refractivity contribution in [1.29, 1.82) is 0 Å². The monoisotopic (exact) mass is 356 g/mol. The van der Waals surface area contributed by atoms with Gasteiger partial charge < -0.3 is 5.11 Å². The summed E-state index contributed by atoms with van der Waals surface area (Å²) in [7, 11) is -3.54. The summed E-state index contributed by atoms with van der Waals surface area (Å²) in [5, 5.41) is 17.8. The number of aliphatic hydroxyl groups is 1. The lowest BCUT2D eigenvalue weighted by Gasteiger charge is -2.37. The van der Waals surface area contributed by atoms with Crippen LogP contribution in [0, 0.1) is 6.92 Å². The summed E-state index contributed by atoms with van der Waals surface area (Å²) in [5.41, 5.74) is 1.10. The maximum Gasteiger partial charge on any atom is 0.243 e. The lowest BCUT2D eigenvalue weighted by atomic mass is 10.2. The van der Waals surface area contributed by atoms with Crippen molar-refractivity contribution >= 4 is 21.6 Å². The lowest BCUT2D eigenvalue weighted by molar-refractivity contribution is 0.187. The van der Waals surface area contributed by atoms with Gasteiger partial charge in [0.1, 0.15) is 5.69 Å². The molecule has 1 N–H and O–H groups in total. The number of rotatable bonds is 4. The van der Waals surface area contributed by atoms with E-state index in [0.29, 0.717) is 29.4 Å². The van der Waals surface area contributed by atoms with Gasteiger partial charge in [-0.3, -0.25) is 0 Å². The Hall–Kier alpha value is -1.48. The molecule has 0 unspecified atom stereocenters. The Labute approximate surface area is 139 Å². The highest BCUT2D eigenvalue weighted by Gasteiger charge is 2.39. The third kappa shape index (κ3) is 2.99. The second kappa shape index (κ2) is 5.86. The maximum atomic E-state index is 12.6. The molecule has 1 aromatic heterocycles. The quantitative estimate of drug-likeness (QED) is 0.897. The van der Waals surface area contributed by atoms with E-state index in [0.717, 1.165) is 0 Å². The predicted molar refractivity (Wildman–Crippen MR) is 84.6 cm³/mol. The summed E-state index contributed by atoms with van der Waals surface area (Å²) >= 11 is 5.88. The van der Waals surface area contributed by atoms with Gasteiger partial charge in [-0.2, -0.15) is 4.31 Å². The Morgan fingerprint density at radius 3 is 2.65 bits per heavy atom. The number of halogens is 1. The van der Waals surface area contributed by atoms with Gasteiger partial charge in [0.2, 0.25) is 10.0 Å². The first-order valence-electron chi connectivity index (χ1n) is 7.15. The highest BCUT2D eigenvalue weighted by Crippen LogP contribution is 2.30. The van der Waals surface area contributed by atoms with Crippen LogP contribution in [0.4, 0.5) is 0 Å². The molecule has 2 aromatic rings. The minimum Gasteiger partial charge on any atom is -0.387 e. The molecule has 9 heteroatoms. The molecule has 1 aliphatic rings. The van der Waals surface area contributed by atoms with Crippen molar-refractivity contribution in [3.05, 3.63) is 40.7 Å². The van der Waals surface area contributed by atoms with Crippen molar-refractivity contribution in [2.45, 2.75) is 30.9 Å². The Balaban J connectivity index is 1.75. The van der Waals surface area contributed by atoms with E-state index in [1.807, 2.05) is 0 Å². The molecule has 0 saturated carbocycles. The van der Waals surface area contributed by atoms with Crippen LogP contribution in [-0.2, 0) is 10.0 Å². The second-order valence-electron chi connectivity index (χ2n) is 5.69. The first-order valence-corrected chi connectivity index (χ1v) is 8.97. The molecular formula is C14H17ClN4O3S. The molecule has 0 aliphatic carbocycles. The average Bonchev–Trinajstić information content (AvgIpc) is 2.85. The average molecular weight is 357 g/mol. The van der Waals surface area contributed by atoms with Gasteiger partial charge in [0.25, 0.3) is 0 Å². The number of sulfonamides is 1. The van der Waals surface area contributed by atoms with Crippen LogP contribution in [0.1, 0.15) is 30.3 Å². The van der Waals surface area contributed by atoms with Crippen LogP contribution in [0.5, 0.6) is 0 Å². The summed E-state index contributed by atoms with van der Waals surface area (Å²) in [4.78, 5) is 0.267. The van der Waals surface area contributed by atoms with Gasteiger partial charge in [0, 0.05) is 18.1 Å². The van der Waals surface area contributed by atoms with Crippen LogP contribution in [0.15, 0.2) is 29.3 Å². The molecule has 1 atom stereocenters. The van der Waals surface area contributed by atoms with Crippen LogP contribution in [0.3, 0.4) is 0 Å². The number of hydrogen-bond donors (Lipinski definition) is 1. The molecule has 0 spiro atoms. The third-order valence-electron chi connectivity index (χ3n) is 3.91. The minimum absolute atomic E-state index is 0.0719. The van der Waals surface area contributed by atoms with E-state index in [1.54, 1.807) is 36.9 Å². The molecule has 1 aromatic carbocycles. The Morgan fingerprint density at radius 2 is 2.09 bits per heavy atom. The largest absolute Gasteiger partial charge is 0.387 e. The number of nitrogens with zero attached hydrogens (tertiary/aromatic N) is 4. The number of aliphatic hydroxyl groups excluding tert-OH is 1. The Bertz CT molecular complexity index is 828. The van der Waals surface area contributed by atoms with Crippen molar-refractivity contribution in [3.8, 4) is 0 Å². The normalized spacial score (nSPS) is 17.9. The fraction of sp³-hybridized carbons (Fsp3) is 0.429. The Morgan fingerprint density at radius 1 is 1.39 bits per heavy atom. The molecule has 23 heavy (non-hydrogen) atoms. The predicted octanol–water partition coefficient (Wildman–Crippen LogP) is 1.54. The highest BCUT2D eigenvalue weighted by molar-refractivity contribution is 7.89. The van der Waals surface area contributed by atoms with Crippen molar-refractivity contribution in [1.82, 2.24) is 19.3 Å². The number of hydrogen-bond acceptors (Lipinski definition) is 5. The number of benzene rings is 1. The van der Waals surface area contributed by atoms with Gasteiger partial charge >= 0.3 is 0 Å². The molecule has 0 amide bonds. The summed E-state index contributed by atoms with van der Waals surface area (Å²) in [6.45, 7) is 3.98. The topological polar surface area (TPSA) is 88.3 Å². The Kier molecular flexibility index (Phi) is 4.18. The number of aromatic nitrogens is 3. The van der Waals surface area contributed by atoms with Gasteiger partial charge in [-0.25, -0.2) is 13.1 Å². The molecule has 3 rings (SSSR count). The zero-order chi connectivity index (χ0) is 16.8. The fourth-order valence-electron chi connectivity index (χ4n) is 2.48. The van der Waals surface area contributed by atoms with Crippen LogP contribution >= 0.6 is 11.6 Å². The SMILES string of the molecule is Cc1cc(Cl)ccc1S(=O)(=O)N1CC(n2cc([C@H](C)O)nn2)C1. The van der Waals surface area contributed by atoms with Crippen molar-refractivity contribution < 1.29 is 13.5 Å². The molecule has 2 heterocycles. The fourth-order valence-corrected chi connectivity index (χ4v) is 4.43. The molecule has 7 nitrogen and oxygen atoms in total. The zero-order valence-electron chi connectivity index (χ0n) is 12.7. The zero-order valence-corrected chi connectivity index (χ0v) is 14.3. The maximum absolute atomic E-state index is 12.6.